The van der Waals surface area contributed by atoms with Gasteiger partial charge in [0.2, 0.25) is 5.91 Å². The number of anilines is 2. The summed E-state index contributed by atoms with van der Waals surface area (Å²) in [7, 11) is 0. The van der Waals surface area contributed by atoms with E-state index < -0.39 is 11.0 Å². The molecule has 8 heteroatoms. The summed E-state index contributed by atoms with van der Waals surface area (Å²) in [6.45, 7) is 5.58. The number of non-ortho nitro benzene ring substituents is 1. The van der Waals surface area contributed by atoms with E-state index >= 15 is 0 Å². The fraction of sp³-hybridized carbons (Fsp3) is 0.259. The number of nitrogens with one attached hydrogen (secondary N) is 1. The highest BCUT2D eigenvalue weighted by atomic mass is 16.6. The number of benzene rings is 2. The number of hydrogen-bond acceptors (Lipinski definition) is 6. The van der Waals surface area contributed by atoms with Crippen LogP contribution in [-0.4, -0.2) is 16.6 Å². The first kappa shape index (κ1) is 22.6. The molecule has 0 radical (unpaired) electrons. The number of hydrogen-bond donors (Lipinski definition) is 1. The van der Waals surface area contributed by atoms with E-state index in [0.717, 1.165) is 11.4 Å². The van der Waals surface area contributed by atoms with Crippen LogP contribution in [0.1, 0.15) is 45.4 Å². The molecule has 1 aromatic heterocycles. The van der Waals surface area contributed by atoms with Crippen molar-refractivity contribution in [2.75, 3.05) is 10.2 Å². The number of nitro groups is 1. The lowest BCUT2D eigenvalue weighted by Gasteiger charge is -2.35. The van der Waals surface area contributed by atoms with Gasteiger partial charge in [0.1, 0.15) is 17.6 Å². The first-order valence-corrected chi connectivity index (χ1v) is 11.4. The number of carbonyl (C=O) groups is 2. The monoisotopic (exact) mass is 471 g/mol. The maximum absolute atomic E-state index is 13.5. The van der Waals surface area contributed by atoms with Gasteiger partial charge in [-0.25, -0.2) is 0 Å². The summed E-state index contributed by atoms with van der Waals surface area (Å²) in [5.41, 5.74) is 2.94. The highest BCUT2D eigenvalue weighted by molar-refractivity contribution is 6.05. The lowest BCUT2D eigenvalue weighted by atomic mass is 9.74. The molecule has 0 unspecified atom stereocenters. The summed E-state index contributed by atoms with van der Waals surface area (Å²) in [4.78, 5) is 39.0. The zero-order valence-electron chi connectivity index (χ0n) is 19.7. The number of Topliss-reactive ketones (excluding diaryl/α,β-unsaturated/α-hetero) is 1. The van der Waals surface area contributed by atoms with Crippen LogP contribution in [-0.2, 0) is 9.59 Å². The van der Waals surface area contributed by atoms with Gasteiger partial charge in [0, 0.05) is 42.3 Å². The minimum absolute atomic E-state index is 0.0406. The van der Waals surface area contributed by atoms with Gasteiger partial charge in [-0.05, 0) is 36.1 Å². The van der Waals surface area contributed by atoms with Crippen molar-refractivity contribution in [3.63, 3.8) is 0 Å². The van der Waals surface area contributed by atoms with Crippen LogP contribution in [0.25, 0.3) is 11.3 Å². The first-order chi connectivity index (χ1) is 16.6. The van der Waals surface area contributed by atoms with E-state index in [1.807, 2.05) is 24.3 Å². The fourth-order valence-corrected chi connectivity index (χ4v) is 5.03. The Balaban J connectivity index is 1.70. The van der Waals surface area contributed by atoms with Gasteiger partial charge >= 0.3 is 0 Å². The SMILES string of the molecule is CC(=O)N1c2ccccc2NC2=C(C(=O)CC(C)(C)C2)[C@@H]1c1ccc(-c2cccc([N+](=O)[O-])c2)o1. The summed E-state index contributed by atoms with van der Waals surface area (Å²) < 4.78 is 6.21. The standard InChI is InChI=1S/C27H25N3O5/c1-16(31)29-21-10-5-4-9-19(21)28-20-14-27(2,3)15-22(32)25(20)26(29)24-12-11-23(35-24)17-7-6-8-18(13-17)30(33)34/h4-13,26,28H,14-15H2,1-3H3/t26-/m0/s1. The van der Waals surface area contributed by atoms with Gasteiger partial charge in [-0.2, -0.15) is 0 Å². The Hall–Kier alpha value is -4.20. The van der Waals surface area contributed by atoms with Gasteiger partial charge in [-0.1, -0.05) is 38.1 Å². The predicted molar refractivity (Wildman–Crippen MR) is 132 cm³/mol. The third kappa shape index (κ3) is 4.01. The number of nitro benzene ring substituents is 1. The molecule has 1 aliphatic carbocycles. The summed E-state index contributed by atoms with van der Waals surface area (Å²) in [6, 6.07) is 16.3. The molecule has 3 aromatic rings. The average Bonchev–Trinajstić information content (AvgIpc) is 3.22. The van der Waals surface area contributed by atoms with Gasteiger partial charge < -0.3 is 9.73 Å². The van der Waals surface area contributed by atoms with Crippen LogP contribution in [0.5, 0.6) is 0 Å². The van der Waals surface area contributed by atoms with Crippen molar-refractivity contribution in [2.45, 2.75) is 39.7 Å². The molecule has 1 amide bonds. The van der Waals surface area contributed by atoms with E-state index in [1.165, 1.54) is 19.1 Å². The van der Waals surface area contributed by atoms with Crippen LogP contribution < -0.4 is 10.2 Å². The molecule has 35 heavy (non-hydrogen) atoms. The Morgan fingerprint density at radius 1 is 1.11 bits per heavy atom. The van der Waals surface area contributed by atoms with Crippen molar-refractivity contribution < 1.29 is 18.9 Å². The lowest BCUT2D eigenvalue weighted by Crippen LogP contribution is -2.38. The maximum Gasteiger partial charge on any atom is 0.270 e. The molecule has 0 fully saturated rings. The summed E-state index contributed by atoms with van der Waals surface area (Å²) in [5, 5.41) is 14.7. The van der Waals surface area contributed by atoms with Gasteiger partial charge in [-0.15, -0.1) is 0 Å². The molecule has 5 rings (SSSR count). The molecule has 0 spiro atoms. The molecule has 1 N–H and O–H groups in total. The number of para-hydroxylation sites is 2. The largest absolute Gasteiger partial charge is 0.458 e. The topological polar surface area (TPSA) is 106 Å². The Bertz CT molecular complexity index is 1400. The predicted octanol–water partition coefficient (Wildman–Crippen LogP) is 6.02. The van der Waals surface area contributed by atoms with Gasteiger partial charge in [0.15, 0.2) is 5.78 Å². The number of furan rings is 1. The Morgan fingerprint density at radius 2 is 1.89 bits per heavy atom. The molecule has 8 nitrogen and oxygen atoms in total. The fourth-order valence-electron chi connectivity index (χ4n) is 5.03. The number of allylic oxidation sites excluding steroid dienone is 1. The second kappa shape index (κ2) is 8.23. The minimum atomic E-state index is -0.769. The molecule has 178 valence electrons. The number of fused-ring (bicyclic) bond motifs is 1. The van der Waals surface area contributed by atoms with Gasteiger partial charge in [0.25, 0.3) is 5.69 Å². The average molecular weight is 472 g/mol. The Labute approximate surface area is 202 Å². The smallest absolute Gasteiger partial charge is 0.270 e. The highest BCUT2D eigenvalue weighted by Crippen LogP contribution is 2.48. The highest BCUT2D eigenvalue weighted by Gasteiger charge is 2.43. The van der Waals surface area contributed by atoms with E-state index in [1.54, 1.807) is 29.2 Å². The van der Waals surface area contributed by atoms with E-state index in [4.69, 9.17) is 4.42 Å². The molecule has 1 aliphatic heterocycles. The number of nitrogens with zero attached hydrogens (tertiary/aromatic N) is 2. The quantitative estimate of drug-likeness (QED) is 0.370. The van der Waals surface area contributed by atoms with Crippen molar-refractivity contribution in [1.29, 1.82) is 0 Å². The number of amides is 1. The molecular weight excluding hydrogens is 446 g/mol. The van der Waals surface area contributed by atoms with Crippen LogP contribution in [0.4, 0.5) is 17.1 Å². The molecule has 2 heterocycles. The van der Waals surface area contributed by atoms with Crippen LogP contribution in [0.15, 0.2) is 76.4 Å². The summed E-state index contributed by atoms with van der Waals surface area (Å²) >= 11 is 0. The second-order valence-corrected chi connectivity index (χ2v) is 9.78. The first-order valence-electron chi connectivity index (χ1n) is 11.4. The van der Waals surface area contributed by atoms with Crippen molar-refractivity contribution in [2.24, 2.45) is 5.41 Å². The number of carbonyl (C=O) groups excluding carboxylic acids is 2. The summed E-state index contributed by atoms with van der Waals surface area (Å²) in [6.07, 6.45) is 0.994. The van der Waals surface area contributed by atoms with Gasteiger partial charge in [0.05, 0.1) is 16.3 Å². The number of ketones is 1. The molecule has 0 bridgehead atoms. The number of rotatable bonds is 3. The van der Waals surface area contributed by atoms with Crippen LogP contribution in [0.2, 0.25) is 0 Å². The molecule has 1 atom stereocenters. The van der Waals surface area contributed by atoms with E-state index in [9.17, 15) is 19.7 Å². The molecule has 2 aromatic carbocycles. The normalized spacial score (nSPS) is 18.9. The van der Waals surface area contributed by atoms with Crippen LogP contribution in [0.3, 0.4) is 0 Å². The Kier molecular flexibility index (Phi) is 5.31. The minimum Gasteiger partial charge on any atom is -0.458 e. The second-order valence-electron chi connectivity index (χ2n) is 9.78. The van der Waals surface area contributed by atoms with Crippen LogP contribution >= 0.6 is 0 Å². The molecule has 2 aliphatic rings. The van der Waals surface area contributed by atoms with Crippen molar-refractivity contribution in [1.82, 2.24) is 0 Å². The zero-order valence-corrected chi connectivity index (χ0v) is 19.7. The van der Waals surface area contributed by atoms with Crippen molar-refractivity contribution in [3.05, 3.63) is 87.8 Å². The lowest BCUT2D eigenvalue weighted by molar-refractivity contribution is -0.384. The van der Waals surface area contributed by atoms with E-state index in [-0.39, 0.29) is 22.8 Å². The van der Waals surface area contributed by atoms with Gasteiger partial charge in [-0.3, -0.25) is 24.6 Å². The molecule has 0 saturated heterocycles. The summed E-state index contributed by atoms with van der Waals surface area (Å²) in [5.74, 6) is 0.564. The van der Waals surface area contributed by atoms with Crippen molar-refractivity contribution >= 4 is 28.8 Å². The molecule has 0 saturated carbocycles. The third-order valence-electron chi connectivity index (χ3n) is 6.48. The van der Waals surface area contributed by atoms with E-state index in [0.29, 0.717) is 41.2 Å². The Morgan fingerprint density at radius 3 is 2.63 bits per heavy atom. The van der Waals surface area contributed by atoms with Crippen molar-refractivity contribution in [3.8, 4) is 11.3 Å². The molecular formula is C27H25N3O5. The van der Waals surface area contributed by atoms with E-state index in [2.05, 4.69) is 19.2 Å². The van der Waals surface area contributed by atoms with Crippen LogP contribution in [0, 0.1) is 15.5 Å². The third-order valence-corrected chi connectivity index (χ3v) is 6.48. The maximum atomic E-state index is 13.5. The zero-order chi connectivity index (χ0) is 24.9.